The Balaban J connectivity index is 2.64. The van der Waals surface area contributed by atoms with E-state index >= 15 is 0 Å². The molecule has 1 heterocycles. The molecule has 1 rings (SSSR count). The highest BCUT2D eigenvalue weighted by Gasteiger charge is 2.10. The molecule has 5 heteroatoms. The van der Waals surface area contributed by atoms with Gasteiger partial charge in [-0.3, -0.25) is 9.48 Å². The summed E-state index contributed by atoms with van der Waals surface area (Å²) >= 11 is 3.43. The zero-order valence-corrected chi connectivity index (χ0v) is 10.9. The Morgan fingerprint density at radius 3 is 2.67 bits per heavy atom. The van der Waals surface area contributed by atoms with Gasteiger partial charge in [0.2, 0.25) is 5.91 Å². The topological polar surface area (TPSA) is 46.9 Å². The van der Waals surface area contributed by atoms with Crippen molar-refractivity contribution in [1.82, 2.24) is 15.1 Å². The summed E-state index contributed by atoms with van der Waals surface area (Å²) in [5.41, 5.74) is 1.90. The summed E-state index contributed by atoms with van der Waals surface area (Å²) in [4.78, 5) is 11.5. The first-order valence-corrected chi connectivity index (χ1v) is 5.81. The van der Waals surface area contributed by atoms with Gasteiger partial charge in [-0.1, -0.05) is 6.92 Å². The van der Waals surface area contributed by atoms with Crippen LogP contribution in [0.3, 0.4) is 0 Å². The number of amides is 1. The standard InChI is InChI=1S/C10H16BrN3O/c1-4-5-12-9(15)6-14-8(3)10(11)7(2)13-14/h4-6H2,1-3H3,(H,12,15). The molecule has 0 bridgehead atoms. The van der Waals surface area contributed by atoms with Crippen LogP contribution in [0.2, 0.25) is 0 Å². The van der Waals surface area contributed by atoms with Gasteiger partial charge in [-0.2, -0.15) is 5.10 Å². The van der Waals surface area contributed by atoms with Crippen LogP contribution in [-0.4, -0.2) is 22.2 Å². The minimum absolute atomic E-state index is 0.00921. The van der Waals surface area contributed by atoms with Gasteiger partial charge in [-0.15, -0.1) is 0 Å². The van der Waals surface area contributed by atoms with E-state index in [1.54, 1.807) is 4.68 Å². The Labute approximate surface area is 98.2 Å². The number of aromatic nitrogens is 2. The Hall–Kier alpha value is -0.840. The smallest absolute Gasteiger partial charge is 0.241 e. The molecule has 0 fully saturated rings. The molecule has 0 radical (unpaired) electrons. The molecular weight excluding hydrogens is 258 g/mol. The molecule has 84 valence electrons. The number of aryl methyl sites for hydroxylation is 1. The summed E-state index contributed by atoms with van der Waals surface area (Å²) in [5, 5.41) is 7.09. The predicted octanol–water partition coefficient (Wildman–Crippen LogP) is 1.79. The highest BCUT2D eigenvalue weighted by atomic mass is 79.9. The van der Waals surface area contributed by atoms with E-state index in [1.807, 2.05) is 20.8 Å². The minimum Gasteiger partial charge on any atom is -0.355 e. The maximum atomic E-state index is 11.5. The van der Waals surface area contributed by atoms with Gasteiger partial charge in [-0.05, 0) is 36.2 Å². The molecule has 15 heavy (non-hydrogen) atoms. The van der Waals surface area contributed by atoms with E-state index in [4.69, 9.17) is 0 Å². The van der Waals surface area contributed by atoms with Gasteiger partial charge in [0, 0.05) is 6.54 Å². The van der Waals surface area contributed by atoms with E-state index in [9.17, 15) is 4.79 Å². The zero-order valence-electron chi connectivity index (χ0n) is 9.30. The van der Waals surface area contributed by atoms with Gasteiger partial charge >= 0.3 is 0 Å². The number of hydrogen-bond acceptors (Lipinski definition) is 2. The second-order valence-corrected chi connectivity index (χ2v) is 4.29. The number of hydrogen-bond donors (Lipinski definition) is 1. The summed E-state index contributed by atoms with van der Waals surface area (Å²) in [7, 11) is 0. The highest BCUT2D eigenvalue weighted by molar-refractivity contribution is 9.10. The van der Waals surface area contributed by atoms with Gasteiger partial charge in [-0.25, -0.2) is 0 Å². The van der Waals surface area contributed by atoms with Crippen LogP contribution in [0, 0.1) is 13.8 Å². The van der Waals surface area contributed by atoms with Crippen molar-refractivity contribution in [3.8, 4) is 0 Å². The Morgan fingerprint density at radius 1 is 1.53 bits per heavy atom. The van der Waals surface area contributed by atoms with E-state index in [1.165, 1.54) is 0 Å². The van der Waals surface area contributed by atoms with Gasteiger partial charge in [0.15, 0.2) is 0 Å². The molecule has 0 saturated heterocycles. The van der Waals surface area contributed by atoms with Crippen molar-refractivity contribution in [2.75, 3.05) is 6.54 Å². The molecular formula is C10H16BrN3O. The SMILES string of the molecule is CCCNC(=O)Cn1nc(C)c(Br)c1C. The van der Waals surface area contributed by atoms with E-state index in [0.29, 0.717) is 0 Å². The molecule has 0 aliphatic heterocycles. The molecule has 1 aromatic heterocycles. The third kappa shape index (κ3) is 3.06. The molecule has 0 atom stereocenters. The quantitative estimate of drug-likeness (QED) is 0.909. The van der Waals surface area contributed by atoms with Gasteiger partial charge in [0.1, 0.15) is 6.54 Å². The van der Waals surface area contributed by atoms with Crippen molar-refractivity contribution in [3.63, 3.8) is 0 Å². The van der Waals surface area contributed by atoms with E-state index in [-0.39, 0.29) is 12.5 Å². The molecule has 0 aliphatic rings. The van der Waals surface area contributed by atoms with Gasteiger partial charge in [0.25, 0.3) is 0 Å². The Morgan fingerprint density at radius 2 is 2.20 bits per heavy atom. The van der Waals surface area contributed by atoms with Crippen LogP contribution in [0.25, 0.3) is 0 Å². The largest absolute Gasteiger partial charge is 0.355 e. The van der Waals surface area contributed by atoms with Crippen molar-refractivity contribution < 1.29 is 4.79 Å². The molecule has 1 aromatic rings. The van der Waals surface area contributed by atoms with Crippen molar-refractivity contribution in [1.29, 1.82) is 0 Å². The lowest BCUT2D eigenvalue weighted by atomic mass is 10.4. The van der Waals surface area contributed by atoms with Crippen molar-refractivity contribution in [3.05, 3.63) is 15.9 Å². The molecule has 0 spiro atoms. The summed E-state index contributed by atoms with van der Waals surface area (Å²) < 4.78 is 2.69. The molecule has 0 aromatic carbocycles. The molecule has 4 nitrogen and oxygen atoms in total. The zero-order chi connectivity index (χ0) is 11.4. The summed E-state index contributed by atoms with van der Waals surface area (Å²) in [6.45, 7) is 6.90. The number of nitrogens with one attached hydrogen (secondary N) is 1. The molecule has 0 saturated carbocycles. The van der Waals surface area contributed by atoms with E-state index in [2.05, 4.69) is 26.3 Å². The van der Waals surface area contributed by atoms with E-state index < -0.39 is 0 Å². The number of carbonyl (C=O) groups excluding carboxylic acids is 1. The van der Waals surface area contributed by atoms with Crippen LogP contribution in [0.4, 0.5) is 0 Å². The average Bonchev–Trinajstić information content (AvgIpc) is 2.43. The Bertz CT molecular complexity index is 360. The second kappa shape index (κ2) is 5.30. The first-order chi connectivity index (χ1) is 7.06. The maximum absolute atomic E-state index is 11.5. The predicted molar refractivity (Wildman–Crippen MR) is 62.7 cm³/mol. The van der Waals surface area contributed by atoms with Crippen LogP contribution in [0.15, 0.2) is 4.47 Å². The maximum Gasteiger partial charge on any atom is 0.241 e. The van der Waals surface area contributed by atoms with Crippen molar-refractivity contribution in [2.45, 2.75) is 33.7 Å². The normalized spacial score (nSPS) is 10.4. The minimum atomic E-state index is 0.00921. The summed E-state index contributed by atoms with van der Waals surface area (Å²) in [5.74, 6) is 0.00921. The molecule has 1 amide bonds. The first-order valence-electron chi connectivity index (χ1n) is 5.02. The fourth-order valence-corrected chi connectivity index (χ4v) is 1.57. The lowest BCUT2D eigenvalue weighted by Crippen LogP contribution is -2.28. The summed E-state index contributed by atoms with van der Waals surface area (Å²) in [6, 6.07) is 0. The van der Waals surface area contributed by atoms with Crippen LogP contribution in [0.5, 0.6) is 0 Å². The Kier molecular flexibility index (Phi) is 4.32. The molecule has 0 aliphatic carbocycles. The fraction of sp³-hybridized carbons (Fsp3) is 0.600. The van der Waals surface area contributed by atoms with Crippen LogP contribution < -0.4 is 5.32 Å². The van der Waals surface area contributed by atoms with Gasteiger partial charge in [0.05, 0.1) is 15.9 Å². The second-order valence-electron chi connectivity index (χ2n) is 3.49. The fourth-order valence-electron chi connectivity index (χ4n) is 1.29. The van der Waals surface area contributed by atoms with Crippen molar-refractivity contribution in [2.24, 2.45) is 0 Å². The number of nitrogens with zero attached hydrogens (tertiary/aromatic N) is 2. The van der Waals surface area contributed by atoms with E-state index in [0.717, 1.165) is 28.8 Å². The van der Waals surface area contributed by atoms with Gasteiger partial charge < -0.3 is 5.32 Å². The average molecular weight is 274 g/mol. The van der Waals surface area contributed by atoms with Crippen LogP contribution in [-0.2, 0) is 11.3 Å². The van der Waals surface area contributed by atoms with Crippen LogP contribution in [0.1, 0.15) is 24.7 Å². The molecule has 1 N–H and O–H groups in total. The highest BCUT2D eigenvalue weighted by Crippen LogP contribution is 2.19. The lowest BCUT2D eigenvalue weighted by Gasteiger charge is -2.05. The van der Waals surface area contributed by atoms with Crippen LogP contribution >= 0.6 is 15.9 Å². The first kappa shape index (κ1) is 12.2. The summed E-state index contributed by atoms with van der Waals surface area (Å²) in [6.07, 6.45) is 0.951. The monoisotopic (exact) mass is 273 g/mol. The lowest BCUT2D eigenvalue weighted by molar-refractivity contribution is -0.121. The molecule has 0 unspecified atom stereocenters. The number of rotatable bonds is 4. The van der Waals surface area contributed by atoms with Crippen molar-refractivity contribution >= 4 is 21.8 Å². The third-order valence-corrected chi connectivity index (χ3v) is 3.31. The number of carbonyl (C=O) groups is 1. The number of halogens is 1. The third-order valence-electron chi connectivity index (χ3n) is 2.16.